The molecule has 0 aliphatic heterocycles. The zero-order chi connectivity index (χ0) is 13.3. The Hall–Kier alpha value is -0.850. The van der Waals surface area contributed by atoms with Crippen molar-refractivity contribution in [3.8, 4) is 0 Å². The van der Waals surface area contributed by atoms with Crippen molar-refractivity contribution in [2.75, 3.05) is 4.72 Å². The first kappa shape index (κ1) is 13.6. The Morgan fingerprint density at radius 2 is 1.78 bits per heavy atom. The number of hydrogen-bond acceptors (Lipinski definition) is 3. The number of nitrogens with one attached hydrogen (secondary N) is 1. The molecule has 0 atom stereocenters. The highest BCUT2D eigenvalue weighted by atomic mass is 79.9. The third-order valence-electron chi connectivity index (χ3n) is 2.30. The van der Waals surface area contributed by atoms with Gasteiger partial charge < -0.3 is 0 Å². The van der Waals surface area contributed by atoms with Crippen molar-refractivity contribution in [2.45, 2.75) is 18.1 Å². The van der Waals surface area contributed by atoms with Gasteiger partial charge in [-0.1, -0.05) is 6.07 Å². The van der Waals surface area contributed by atoms with Crippen LogP contribution in [-0.2, 0) is 10.0 Å². The molecule has 0 aliphatic carbocycles. The molecule has 0 bridgehead atoms. The zero-order valence-corrected chi connectivity index (χ0v) is 13.1. The van der Waals surface area contributed by atoms with Crippen molar-refractivity contribution < 1.29 is 8.42 Å². The van der Waals surface area contributed by atoms with Crippen molar-refractivity contribution >= 4 is 43.0 Å². The molecule has 0 radical (unpaired) electrons. The maximum atomic E-state index is 12.2. The minimum absolute atomic E-state index is 0.293. The second kappa shape index (κ2) is 5.03. The van der Waals surface area contributed by atoms with Crippen LogP contribution in [0, 0.1) is 13.8 Å². The predicted octanol–water partition coefficient (Wildman–Crippen LogP) is 3.93. The van der Waals surface area contributed by atoms with Gasteiger partial charge in [0.05, 0.1) is 0 Å². The molecule has 0 unspecified atom stereocenters. The number of rotatable bonds is 3. The van der Waals surface area contributed by atoms with Gasteiger partial charge in [-0.3, -0.25) is 4.72 Å². The Kier molecular flexibility index (Phi) is 3.79. The van der Waals surface area contributed by atoms with Crippen molar-refractivity contribution in [1.82, 2.24) is 0 Å². The molecule has 18 heavy (non-hydrogen) atoms. The maximum Gasteiger partial charge on any atom is 0.272 e. The second-order valence-corrected chi connectivity index (χ2v) is 7.69. The second-order valence-electron chi connectivity index (χ2n) is 4.04. The van der Waals surface area contributed by atoms with E-state index in [0.29, 0.717) is 14.4 Å². The number of benzene rings is 1. The molecule has 0 spiro atoms. The van der Waals surface area contributed by atoms with Crippen LogP contribution in [0.5, 0.6) is 0 Å². The van der Waals surface area contributed by atoms with Gasteiger partial charge in [0.1, 0.15) is 0 Å². The van der Waals surface area contributed by atoms with E-state index in [1.54, 1.807) is 11.4 Å². The molecule has 2 aromatic rings. The summed E-state index contributed by atoms with van der Waals surface area (Å²) in [6.07, 6.45) is 0. The monoisotopic (exact) mass is 345 g/mol. The Bertz CT molecular complexity index is 657. The number of halogens is 1. The van der Waals surface area contributed by atoms with Crippen LogP contribution in [0.3, 0.4) is 0 Å². The number of anilines is 1. The highest BCUT2D eigenvalue weighted by molar-refractivity contribution is 9.10. The Morgan fingerprint density at radius 3 is 2.28 bits per heavy atom. The molecular formula is C12H12BrNO2S2. The largest absolute Gasteiger partial charge is 0.279 e. The lowest BCUT2D eigenvalue weighted by Gasteiger charge is -2.08. The van der Waals surface area contributed by atoms with Crippen LogP contribution >= 0.6 is 27.3 Å². The number of aryl methyl sites for hydroxylation is 2. The van der Waals surface area contributed by atoms with Crippen LogP contribution in [0.1, 0.15) is 11.1 Å². The predicted molar refractivity (Wildman–Crippen MR) is 78.7 cm³/mol. The minimum atomic E-state index is -3.51. The van der Waals surface area contributed by atoms with Gasteiger partial charge in [0.2, 0.25) is 0 Å². The molecule has 1 heterocycles. The van der Waals surface area contributed by atoms with E-state index in [2.05, 4.69) is 20.7 Å². The van der Waals surface area contributed by atoms with Gasteiger partial charge in [-0.15, -0.1) is 11.3 Å². The summed E-state index contributed by atoms with van der Waals surface area (Å²) in [5.74, 6) is 0. The minimum Gasteiger partial charge on any atom is -0.279 e. The van der Waals surface area contributed by atoms with E-state index in [4.69, 9.17) is 0 Å². The average molecular weight is 346 g/mol. The molecule has 6 heteroatoms. The fraction of sp³-hybridized carbons (Fsp3) is 0.167. The quantitative estimate of drug-likeness (QED) is 0.915. The first-order valence-corrected chi connectivity index (χ1v) is 8.38. The highest BCUT2D eigenvalue weighted by Crippen LogP contribution is 2.29. The normalized spacial score (nSPS) is 11.5. The van der Waals surface area contributed by atoms with E-state index in [1.807, 2.05) is 32.0 Å². The van der Waals surface area contributed by atoms with Crippen molar-refractivity contribution in [3.63, 3.8) is 0 Å². The zero-order valence-electron chi connectivity index (χ0n) is 9.90. The molecule has 0 amide bonds. The number of sulfonamides is 1. The summed E-state index contributed by atoms with van der Waals surface area (Å²) in [5, 5.41) is 1.74. The molecule has 96 valence electrons. The van der Waals surface area contributed by atoms with Crippen LogP contribution in [0.15, 0.2) is 38.3 Å². The van der Waals surface area contributed by atoms with Gasteiger partial charge in [0.15, 0.2) is 4.21 Å². The van der Waals surface area contributed by atoms with Gasteiger partial charge in [0, 0.05) is 10.2 Å². The third kappa shape index (κ3) is 2.93. The molecular weight excluding hydrogens is 334 g/mol. The standard InChI is InChI=1S/C12H12BrNO2S2/c1-8-5-9(2)7-10(6-8)14-18(15,16)12-11(13)3-4-17-12/h3-7,14H,1-2H3. The molecule has 3 nitrogen and oxygen atoms in total. The van der Waals surface area contributed by atoms with E-state index >= 15 is 0 Å². The Morgan fingerprint density at radius 1 is 1.17 bits per heavy atom. The van der Waals surface area contributed by atoms with Gasteiger partial charge in [-0.05, 0) is 64.5 Å². The molecule has 0 fully saturated rings. The van der Waals surface area contributed by atoms with Gasteiger partial charge in [-0.2, -0.15) is 0 Å². The van der Waals surface area contributed by atoms with Crippen molar-refractivity contribution in [2.24, 2.45) is 0 Å². The smallest absolute Gasteiger partial charge is 0.272 e. The van der Waals surface area contributed by atoms with Gasteiger partial charge >= 0.3 is 0 Å². The first-order valence-electron chi connectivity index (χ1n) is 5.22. The number of hydrogen-bond donors (Lipinski definition) is 1. The highest BCUT2D eigenvalue weighted by Gasteiger charge is 2.19. The Balaban J connectivity index is 2.37. The summed E-state index contributed by atoms with van der Waals surface area (Å²) in [7, 11) is -3.51. The van der Waals surface area contributed by atoms with Crippen LogP contribution < -0.4 is 4.72 Å². The molecule has 1 aromatic heterocycles. The van der Waals surface area contributed by atoms with Gasteiger partial charge in [0.25, 0.3) is 10.0 Å². The van der Waals surface area contributed by atoms with E-state index in [1.165, 1.54) is 11.3 Å². The van der Waals surface area contributed by atoms with Crippen LogP contribution in [0.4, 0.5) is 5.69 Å². The summed E-state index contributed by atoms with van der Waals surface area (Å²) in [6.45, 7) is 3.87. The number of thiophene rings is 1. The van der Waals surface area contributed by atoms with Crippen LogP contribution in [0.25, 0.3) is 0 Å². The average Bonchev–Trinajstić information content (AvgIpc) is 2.62. The van der Waals surface area contributed by atoms with Crippen LogP contribution in [0.2, 0.25) is 0 Å². The van der Waals surface area contributed by atoms with E-state index in [0.717, 1.165) is 11.1 Å². The molecule has 0 saturated heterocycles. The maximum absolute atomic E-state index is 12.2. The van der Waals surface area contributed by atoms with Gasteiger partial charge in [-0.25, -0.2) is 8.42 Å². The Labute approximate surface area is 119 Å². The lowest BCUT2D eigenvalue weighted by atomic mass is 10.1. The molecule has 0 saturated carbocycles. The van der Waals surface area contributed by atoms with E-state index < -0.39 is 10.0 Å². The lowest BCUT2D eigenvalue weighted by molar-refractivity contribution is 0.603. The fourth-order valence-corrected chi connectivity index (χ4v) is 5.09. The lowest BCUT2D eigenvalue weighted by Crippen LogP contribution is -2.12. The SMILES string of the molecule is Cc1cc(C)cc(NS(=O)(=O)c2sccc2Br)c1. The van der Waals surface area contributed by atoms with Crippen LogP contribution in [-0.4, -0.2) is 8.42 Å². The molecule has 1 N–H and O–H groups in total. The summed E-state index contributed by atoms with van der Waals surface area (Å²) < 4.78 is 27.8. The summed E-state index contributed by atoms with van der Waals surface area (Å²) in [6, 6.07) is 7.34. The summed E-state index contributed by atoms with van der Waals surface area (Å²) >= 11 is 4.42. The molecule has 1 aromatic carbocycles. The van der Waals surface area contributed by atoms with Crippen molar-refractivity contribution in [3.05, 3.63) is 45.2 Å². The summed E-state index contributed by atoms with van der Waals surface area (Å²) in [5.41, 5.74) is 2.64. The van der Waals surface area contributed by atoms with E-state index in [9.17, 15) is 8.42 Å². The third-order valence-corrected chi connectivity index (χ3v) is 6.35. The topological polar surface area (TPSA) is 46.2 Å². The first-order chi connectivity index (χ1) is 8.38. The summed E-state index contributed by atoms with van der Waals surface area (Å²) in [4.78, 5) is 0. The fourth-order valence-electron chi connectivity index (χ4n) is 1.71. The van der Waals surface area contributed by atoms with E-state index in [-0.39, 0.29) is 0 Å². The van der Waals surface area contributed by atoms with Crippen molar-refractivity contribution in [1.29, 1.82) is 0 Å². The molecule has 2 rings (SSSR count). The molecule has 0 aliphatic rings.